The highest BCUT2D eigenvalue weighted by Crippen LogP contribution is 2.40. The van der Waals surface area contributed by atoms with Crippen molar-refractivity contribution in [2.75, 3.05) is 20.3 Å². The first-order valence-corrected chi connectivity index (χ1v) is 4.16. The van der Waals surface area contributed by atoms with E-state index >= 15 is 0 Å². The van der Waals surface area contributed by atoms with E-state index in [-0.39, 0.29) is 24.9 Å². The van der Waals surface area contributed by atoms with Gasteiger partial charge in [-0.15, -0.1) is 0 Å². The van der Waals surface area contributed by atoms with Gasteiger partial charge in [-0.3, -0.25) is 0 Å². The van der Waals surface area contributed by atoms with Gasteiger partial charge in [0.2, 0.25) is 0 Å². The predicted octanol–water partition coefficient (Wildman–Crippen LogP) is -0.450. The molecule has 0 aromatic rings. The molecule has 4 nitrogen and oxygen atoms in total. The zero-order chi connectivity index (χ0) is 8.77. The maximum atomic E-state index is 9.18. The lowest BCUT2D eigenvalue weighted by molar-refractivity contribution is -0.156. The van der Waals surface area contributed by atoms with Gasteiger partial charge in [0.15, 0.2) is 0 Å². The summed E-state index contributed by atoms with van der Waals surface area (Å²) in [5.41, 5.74) is -0.598. The average Bonchev–Trinajstić information content (AvgIpc) is 2.56. The van der Waals surface area contributed by atoms with Crippen molar-refractivity contribution in [3.8, 4) is 0 Å². The molecule has 2 saturated heterocycles. The number of aliphatic hydroxyl groups is 1. The lowest BCUT2D eigenvalue weighted by atomic mass is 10.00. The van der Waals surface area contributed by atoms with E-state index in [1.165, 1.54) is 0 Å². The molecule has 2 aliphatic heterocycles. The quantitative estimate of drug-likeness (QED) is 0.616. The molecule has 12 heavy (non-hydrogen) atoms. The Bertz CT molecular complexity index is 184. The lowest BCUT2D eigenvalue weighted by Crippen LogP contribution is -2.45. The zero-order valence-corrected chi connectivity index (χ0v) is 7.32. The fourth-order valence-corrected chi connectivity index (χ4v) is 2.15. The Labute approximate surface area is 71.4 Å². The van der Waals surface area contributed by atoms with Crippen LogP contribution in [0.4, 0.5) is 0 Å². The fourth-order valence-electron chi connectivity index (χ4n) is 2.15. The first-order chi connectivity index (χ1) is 5.73. The van der Waals surface area contributed by atoms with Crippen LogP contribution in [0.25, 0.3) is 0 Å². The van der Waals surface area contributed by atoms with E-state index in [4.69, 9.17) is 14.2 Å². The van der Waals surface area contributed by atoms with Gasteiger partial charge in [-0.1, -0.05) is 0 Å². The molecule has 0 aliphatic carbocycles. The number of methoxy groups -OCH3 is 1. The zero-order valence-electron chi connectivity index (χ0n) is 7.32. The molecule has 2 heterocycles. The molecule has 2 fully saturated rings. The van der Waals surface area contributed by atoms with Gasteiger partial charge < -0.3 is 19.3 Å². The van der Waals surface area contributed by atoms with Crippen molar-refractivity contribution in [1.82, 2.24) is 0 Å². The number of hydrogen-bond acceptors (Lipinski definition) is 4. The van der Waals surface area contributed by atoms with Crippen LogP contribution in [0.3, 0.4) is 0 Å². The highest BCUT2D eigenvalue weighted by molar-refractivity contribution is 5.07. The van der Waals surface area contributed by atoms with Crippen molar-refractivity contribution in [1.29, 1.82) is 0 Å². The second kappa shape index (κ2) is 2.67. The largest absolute Gasteiger partial charge is 0.393 e. The molecule has 0 spiro atoms. The Balaban J connectivity index is 2.23. The van der Waals surface area contributed by atoms with Crippen LogP contribution >= 0.6 is 0 Å². The molecule has 0 aromatic heterocycles. The van der Waals surface area contributed by atoms with Crippen molar-refractivity contribution in [3.63, 3.8) is 0 Å². The van der Waals surface area contributed by atoms with Gasteiger partial charge >= 0.3 is 0 Å². The van der Waals surface area contributed by atoms with Gasteiger partial charge in [0.05, 0.1) is 19.3 Å². The lowest BCUT2D eigenvalue weighted by Gasteiger charge is -2.27. The monoisotopic (exact) mass is 174 g/mol. The molecular weight excluding hydrogens is 160 g/mol. The van der Waals surface area contributed by atoms with Crippen LogP contribution in [-0.4, -0.2) is 49.3 Å². The van der Waals surface area contributed by atoms with E-state index in [1.807, 2.05) is 6.92 Å². The van der Waals surface area contributed by atoms with Crippen LogP contribution in [0.15, 0.2) is 0 Å². The molecular formula is C8H14O4. The summed E-state index contributed by atoms with van der Waals surface area (Å²) in [5, 5.41) is 9.18. The number of fused-ring (bicyclic) bond motifs is 2. The van der Waals surface area contributed by atoms with Crippen LogP contribution in [0, 0.1) is 0 Å². The van der Waals surface area contributed by atoms with E-state index in [0.717, 1.165) is 0 Å². The van der Waals surface area contributed by atoms with Crippen LogP contribution in [0.2, 0.25) is 0 Å². The van der Waals surface area contributed by atoms with Crippen LogP contribution in [0.1, 0.15) is 6.92 Å². The summed E-state index contributed by atoms with van der Waals surface area (Å²) in [6.07, 6.45) is -0.101. The topological polar surface area (TPSA) is 47.9 Å². The van der Waals surface area contributed by atoms with Gasteiger partial charge in [0.1, 0.15) is 17.8 Å². The number of aliphatic hydroxyl groups excluding tert-OH is 1. The normalized spacial score (nSPS) is 51.8. The molecule has 0 aromatic carbocycles. The highest BCUT2D eigenvalue weighted by Gasteiger charge is 2.60. The van der Waals surface area contributed by atoms with E-state index < -0.39 is 5.60 Å². The molecule has 70 valence electrons. The van der Waals surface area contributed by atoms with Crippen molar-refractivity contribution < 1.29 is 19.3 Å². The van der Waals surface area contributed by atoms with E-state index in [2.05, 4.69) is 0 Å². The van der Waals surface area contributed by atoms with E-state index in [0.29, 0.717) is 6.61 Å². The van der Waals surface area contributed by atoms with Crippen LogP contribution < -0.4 is 0 Å². The number of rotatable bonds is 2. The van der Waals surface area contributed by atoms with Crippen molar-refractivity contribution >= 4 is 0 Å². The molecule has 1 N–H and O–H groups in total. The number of ether oxygens (including phenoxy) is 3. The highest BCUT2D eigenvalue weighted by atomic mass is 16.7. The summed E-state index contributed by atoms with van der Waals surface area (Å²) in [5.74, 6) is 0. The number of hydrogen-bond donors (Lipinski definition) is 1. The van der Waals surface area contributed by atoms with Gasteiger partial charge in [0.25, 0.3) is 0 Å². The first kappa shape index (κ1) is 8.44. The van der Waals surface area contributed by atoms with E-state index in [9.17, 15) is 5.11 Å². The average molecular weight is 174 g/mol. The first-order valence-electron chi connectivity index (χ1n) is 4.16. The molecule has 2 rings (SSSR count). The summed E-state index contributed by atoms with van der Waals surface area (Å²) >= 11 is 0. The summed E-state index contributed by atoms with van der Waals surface area (Å²) in [7, 11) is 1.62. The molecule has 0 saturated carbocycles. The second-order valence-electron chi connectivity index (χ2n) is 3.48. The fraction of sp³-hybridized carbons (Fsp3) is 1.00. The predicted molar refractivity (Wildman–Crippen MR) is 40.9 cm³/mol. The van der Waals surface area contributed by atoms with Crippen LogP contribution in [0.5, 0.6) is 0 Å². The third kappa shape index (κ3) is 0.864. The minimum atomic E-state index is -0.598. The Morgan fingerprint density at radius 3 is 2.83 bits per heavy atom. The SMILES string of the molecule is CO[C@@H]1C2OC[C@@]1(CO)O[C@H]2C. The van der Waals surface area contributed by atoms with Crippen molar-refractivity contribution in [2.45, 2.75) is 30.8 Å². The summed E-state index contributed by atoms with van der Waals surface area (Å²) < 4.78 is 16.3. The summed E-state index contributed by atoms with van der Waals surface area (Å²) in [6.45, 7) is 2.34. The summed E-state index contributed by atoms with van der Waals surface area (Å²) in [6, 6.07) is 0. The molecule has 2 bridgehead atoms. The second-order valence-corrected chi connectivity index (χ2v) is 3.48. The van der Waals surface area contributed by atoms with Gasteiger partial charge in [-0.2, -0.15) is 0 Å². The maximum absolute atomic E-state index is 9.18. The third-order valence-electron chi connectivity index (χ3n) is 2.74. The molecule has 4 atom stereocenters. The summed E-state index contributed by atoms with van der Waals surface area (Å²) in [4.78, 5) is 0. The Hall–Kier alpha value is -0.160. The van der Waals surface area contributed by atoms with Crippen molar-refractivity contribution in [2.24, 2.45) is 0 Å². The Morgan fingerprint density at radius 1 is 1.67 bits per heavy atom. The third-order valence-corrected chi connectivity index (χ3v) is 2.74. The Morgan fingerprint density at radius 2 is 2.42 bits per heavy atom. The smallest absolute Gasteiger partial charge is 0.143 e. The van der Waals surface area contributed by atoms with Crippen molar-refractivity contribution in [3.05, 3.63) is 0 Å². The molecule has 4 heteroatoms. The minimum absolute atomic E-state index is 0.0119. The van der Waals surface area contributed by atoms with Gasteiger partial charge in [-0.05, 0) is 6.92 Å². The van der Waals surface area contributed by atoms with Gasteiger partial charge in [-0.25, -0.2) is 0 Å². The van der Waals surface area contributed by atoms with Gasteiger partial charge in [0, 0.05) is 7.11 Å². The molecule has 2 aliphatic rings. The maximum Gasteiger partial charge on any atom is 0.143 e. The van der Waals surface area contributed by atoms with Crippen LogP contribution in [-0.2, 0) is 14.2 Å². The standard InChI is InChI=1S/C8H14O4/c1-5-6-7(10-2)8(3-9,12-5)4-11-6/h5-7,9H,3-4H2,1-2H3/t5-,6?,7+,8+/m0/s1. The molecule has 0 amide bonds. The Kier molecular flexibility index (Phi) is 1.88. The van der Waals surface area contributed by atoms with E-state index in [1.54, 1.807) is 7.11 Å². The molecule has 0 radical (unpaired) electrons. The molecule has 1 unspecified atom stereocenters. The minimum Gasteiger partial charge on any atom is -0.393 e.